The molecule has 9 nitrogen and oxygen atoms in total. The van der Waals surface area contributed by atoms with Crippen molar-refractivity contribution in [3.8, 4) is 0 Å². The van der Waals surface area contributed by atoms with Crippen LogP contribution in [0.15, 0.2) is 62.0 Å². The van der Waals surface area contributed by atoms with Gasteiger partial charge in [-0.05, 0) is 48.2 Å². The number of nitrogens with one attached hydrogen (secondary N) is 1. The van der Waals surface area contributed by atoms with Gasteiger partial charge in [-0.1, -0.05) is 6.07 Å². The number of thiophene rings is 1. The molecule has 0 bridgehead atoms. The Morgan fingerprint density at radius 3 is 2.84 bits per heavy atom. The van der Waals surface area contributed by atoms with Crippen LogP contribution in [-0.4, -0.2) is 24.7 Å². The van der Waals surface area contributed by atoms with Gasteiger partial charge in [-0.2, -0.15) is 0 Å². The monoisotopic (exact) mass is 453 g/mol. The Morgan fingerprint density at radius 2 is 2.09 bits per heavy atom. The van der Waals surface area contributed by atoms with E-state index in [1.54, 1.807) is 36.6 Å². The summed E-state index contributed by atoms with van der Waals surface area (Å²) in [6.45, 7) is 1.35. The first-order chi connectivity index (χ1) is 15.4. The molecule has 32 heavy (non-hydrogen) atoms. The highest BCUT2D eigenvalue weighted by Gasteiger charge is 2.20. The molecule has 1 aromatic carbocycles. The third-order valence-electron chi connectivity index (χ3n) is 4.97. The number of furan rings is 1. The fourth-order valence-corrected chi connectivity index (χ4v) is 4.31. The molecule has 0 aliphatic carbocycles. The second-order valence-electron chi connectivity index (χ2n) is 7.21. The van der Waals surface area contributed by atoms with Crippen molar-refractivity contribution in [2.24, 2.45) is 0 Å². The fraction of sp³-hybridized carbons (Fsp3) is 0.143. The number of hydrogen-bond donors (Lipinski definition) is 1. The van der Waals surface area contributed by atoms with Gasteiger partial charge in [0.25, 0.3) is 5.56 Å². The maximum atomic E-state index is 14.1. The van der Waals surface area contributed by atoms with Crippen molar-refractivity contribution in [3.63, 3.8) is 0 Å². The summed E-state index contributed by atoms with van der Waals surface area (Å²) in [6.07, 6.45) is 1.49. The molecule has 5 aromatic rings. The standard InChI is InChI=1S/C21H16FN5O4S/c1-12-4-5-15(14(22)9-12)23-17(28)11-26-21(30)27-16-6-8-32-18(16)19(29)25(20(27)24-26)10-13-3-2-7-31-13/h2-9H,10-11H2,1H3,(H,23,28). The minimum Gasteiger partial charge on any atom is -0.467 e. The molecule has 4 heterocycles. The molecule has 5 rings (SSSR count). The average molecular weight is 453 g/mol. The van der Waals surface area contributed by atoms with Gasteiger partial charge in [-0.15, -0.1) is 16.4 Å². The maximum Gasteiger partial charge on any atom is 0.352 e. The zero-order valence-corrected chi connectivity index (χ0v) is 17.6. The van der Waals surface area contributed by atoms with Gasteiger partial charge in [0.05, 0.1) is 24.0 Å². The second kappa shape index (κ2) is 7.61. The molecular weight excluding hydrogens is 437 g/mol. The van der Waals surface area contributed by atoms with Gasteiger partial charge in [0.15, 0.2) is 0 Å². The van der Waals surface area contributed by atoms with Gasteiger partial charge in [-0.25, -0.2) is 18.3 Å². The molecular formula is C21H16FN5O4S. The summed E-state index contributed by atoms with van der Waals surface area (Å²) < 4.78 is 23.4. The second-order valence-corrected chi connectivity index (χ2v) is 8.13. The topological polar surface area (TPSA) is 104 Å². The Bertz CT molecular complexity index is 1590. The van der Waals surface area contributed by atoms with Gasteiger partial charge >= 0.3 is 5.69 Å². The van der Waals surface area contributed by atoms with Crippen LogP contribution in [0, 0.1) is 12.7 Å². The van der Waals surface area contributed by atoms with E-state index in [0.29, 0.717) is 21.5 Å². The minimum absolute atomic E-state index is 0.00682. The first-order valence-electron chi connectivity index (χ1n) is 9.60. The number of aryl methyl sites for hydroxylation is 1. The third kappa shape index (κ3) is 3.32. The van der Waals surface area contributed by atoms with Crippen LogP contribution in [0.2, 0.25) is 0 Å². The van der Waals surface area contributed by atoms with E-state index in [0.717, 1.165) is 4.68 Å². The average Bonchev–Trinajstić information content (AvgIpc) is 3.49. The Labute approximate surface area is 182 Å². The molecule has 0 spiro atoms. The lowest BCUT2D eigenvalue weighted by atomic mass is 10.2. The van der Waals surface area contributed by atoms with Crippen molar-refractivity contribution >= 4 is 38.9 Å². The summed E-state index contributed by atoms with van der Waals surface area (Å²) in [4.78, 5) is 38.6. The summed E-state index contributed by atoms with van der Waals surface area (Å²) in [5.41, 5.74) is 0.226. The number of rotatable bonds is 5. The molecule has 0 atom stereocenters. The number of halogens is 1. The van der Waals surface area contributed by atoms with Gasteiger partial charge in [0.2, 0.25) is 11.7 Å². The quantitative estimate of drug-likeness (QED) is 0.441. The minimum atomic E-state index is -0.625. The molecule has 4 aromatic heterocycles. The lowest BCUT2D eigenvalue weighted by Crippen LogP contribution is -2.29. The number of amides is 1. The molecule has 0 saturated heterocycles. The lowest BCUT2D eigenvalue weighted by molar-refractivity contribution is -0.117. The number of anilines is 1. The molecule has 1 amide bonds. The van der Waals surface area contributed by atoms with E-state index < -0.39 is 24.0 Å². The van der Waals surface area contributed by atoms with E-state index in [1.807, 2.05) is 0 Å². The van der Waals surface area contributed by atoms with Crippen LogP contribution in [0.5, 0.6) is 0 Å². The molecule has 0 fully saturated rings. The number of nitrogens with zero attached hydrogens (tertiary/aromatic N) is 4. The Kier molecular flexibility index (Phi) is 4.74. The molecule has 0 aliphatic heterocycles. The van der Waals surface area contributed by atoms with E-state index >= 15 is 0 Å². The summed E-state index contributed by atoms with van der Waals surface area (Å²) in [5, 5.41) is 8.40. The van der Waals surface area contributed by atoms with E-state index in [-0.39, 0.29) is 23.6 Å². The van der Waals surface area contributed by atoms with Crippen LogP contribution in [0.3, 0.4) is 0 Å². The van der Waals surface area contributed by atoms with Gasteiger partial charge in [-0.3, -0.25) is 14.2 Å². The van der Waals surface area contributed by atoms with E-state index in [9.17, 15) is 18.8 Å². The highest BCUT2D eigenvalue weighted by atomic mass is 32.1. The van der Waals surface area contributed by atoms with Crippen molar-refractivity contribution in [2.45, 2.75) is 20.0 Å². The predicted octanol–water partition coefficient (Wildman–Crippen LogP) is 2.60. The molecule has 162 valence electrons. The van der Waals surface area contributed by atoms with Gasteiger partial charge in [0.1, 0.15) is 22.8 Å². The number of aromatic nitrogens is 4. The predicted molar refractivity (Wildman–Crippen MR) is 117 cm³/mol. The first kappa shape index (κ1) is 19.9. The smallest absolute Gasteiger partial charge is 0.352 e. The first-order valence-corrected chi connectivity index (χ1v) is 10.5. The van der Waals surface area contributed by atoms with Crippen LogP contribution in [0.25, 0.3) is 16.0 Å². The number of carbonyl (C=O) groups is 1. The molecule has 11 heteroatoms. The van der Waals surface area contributed by atoms with Crippen molar-refractivity contribution in [1.29, 1.82) is 0 Å². The van der Waals surface area contributed by atoms with Crippen LogP contribution in [0.1, 0.15) is 11.3 Å². The summed E-state index contributed by atoms with van der Waals surface area (Å²) in [5.74, 6) is -0.608. The number of fused-ring (bicyclic) bond motifs is 3. The van der Waals surface area contributed by atoms with Crippen LogP contribution >= 0.6 is 11.3 Å². The largest absolute Gasteiger partial charge is 0.467 e. The molecule has 0 aliphatic rings. The van der Waals surface area contributed by atoms with Crippen molar-refractivity contribution in [2.75, 3.05) is 5.32 Å². The number of hydrogen-bond acceptors (Lipinski definition) is 6. The van der Waals surface area contributed by atoms with Gasteiger partial charge in [0, 0.05) is 0 Å². The number of benzene rings is 1. The maximum absolute atomic E-state index is 14.1. The SMILES string of the molecule is Cc1ccc(NC(=O)Cn2nc3n(Cc4ccco4)c(=O)c4sccc4n3c2=O)c(F)c1. The Balaban J connectivity index is 1.57. The van der Waals surface area contributed by atoms with E-state index in [1.165, 1.54) is 38.7 Å². The normalized spacial score (nSPS) is 11.4. The van der Waals surface area contributed by atoms with Crippen molar-refractivity contribution < 1.29 is 13.6 Å². The van der Waals surface area contributed by atoms with Crippen molar-refractivity contribution in [1.82, 2.24) is 18.7 Å². The summed E-state index contributed by atoms with van der Waals surface area (Å²) in [6, 6.07) is 9.47. The zero-order chi connectivity index (χ0) is 22.4. The van der Waals surface area contributed by atoms with E-state index in [2.05, 4.69) is 10.4 Å². The fourth-order valence-electron chi connectivity index (χ4n) is 3.49. The summed E-state index contributed by atoms with van der Waals surface area (Å²) >= 11 is 1.21. The molecule has 0 saturated carbocycles. The Hall–Kier alpha value is -3.99. The molecule has 0 unspecified atom stereocenters. The van der Waals surface area contributed by atoms with Gasteiger partial charge < -0.3 is 9.73 Å². The van der Waals surface area contributed by atoms with Crippen LogP contribution in [-0.2, 0) is 17.9 Å². The highest BCUT2D eigenvalue weighted by molar-refractivity contribution is 7.17. The Morgan fingerprint density at radius 1 is 1.25 bits per heavy atom. The molecule has 0 radical (unpaired) electrons. The number of carbonyl (C=O) groups excluding carboxylic acids is 1. The van der Waals surface area contributed by atoms with Crippen LogP contribution < -0.4 is 16.6 Å². The van der Waals surface area contributed by atoms with E-state index in [4.69, 9.17) is 4.42 Å². The zero-order valence-electron chi connectivity index (χ0n) is 16.7. The van der Waals surface area contributed by atoms with Crippen molar-refractivity contribution in [3.05, 3.63) is 86.0 Å². The third-order valence-corrected chi connectivity index (χ3v) is 5.87. The molecule has 1 N–H and O–H groups in total. The highest BCUT2D eigenvalue weighted by Crippen LogP contribution is 2.18. The lowest BCUT2D eigenvalue weighted by Gasteiger charge is -2.06. The van der Waals surface area contributed by atoms with Crippen LogP contribution in [0.4, 0.5) is 10.1 Å². The summed E-state index contributed by atoms with van der Waals surface area (Å²) in [7, 11) is 0.